The highest BCUT2D eigenvalue weighted by molar-refractivity contribution is 6.08. The van der Waals surface area contributed by atoms with Gasteiger partial charge in [0.05, 0.1) is 12.7 Å². The number of aryl methyl sites for hydroxylation is 1. The Bertz CT molecular complexity index is 1380. The van der Waals surface area contributed by atoms with Crippen molar-refractivity contribution in [2.45, 2.75) is 38.5 Å². The number of anilines is 1. The number of nitrogens with one attached hydrogen (secondary N) is 1. The van der Waals surface area contributed by atoms with Gasteiger partial charge in [-0.1, -0.05) is 36.4 Å². The van der Waals surface area contributed by atoms with Crippen LogP contribution in [0.1, 0.15) is 35.7 Å². The lowest BCUT2D eigenvalue weighted by Crippen LogP contribution is -2.63. The molecule has 0 aliphatic carbocycles. The normalized spacial score (nSPS) is 17.9. The van der Waals surface area contributed by atoms with Gasteiger partial charge < -0.3 is 9.88 Å². The van der Waals surface area contributed by atoms with Crippen LogP contribution in [0.15, 0.2) is 66.7 Å². The highest BCUT2D eigenvalue weighted by atomic mass is 16.7. The van der Waals surface area contributed by atoms with Crippen molar-refractivity contribution in [3.63, 3.8) is 0 Å². The molecule has 6 rings (SSSR count). The molecule has 34 heavy (non-hydrogen) atoms. The molecule has 6 nitrogen and oxygen atoms in total. The number of benzene rings is 3. The van der Waals surface area contributed by atoms with Crippen LogP contribution in [0, 0.1) is 0 Å². The number of fused-ring (bicyclic) bond motifs is 4. The first-order valence-corrected chi connectivity index (χ1v) is 12.1. The van der Waals surface area contributed by atoms with Crippen LogP contribution in [0.4, 0.5) is 5.69 Å². The highest BCUT2D eigenvalue weighted by Gasteiger charge is 2.47. The van der Waals surface area contributed by atoms with Gasteiger partial charge in [-0.15, -0.1) is 0 Å². The molecule has 0 unspecified atom stereocenters. The second-order valence-electron chi connectivity index (χ2n) is 9.37. The molecule has 0 radical (unpaired) electrons. The number of piperidine rings is 1. The lowest BCUT2D eigenvalue weighted by Gasteiger charge is -2.50. The van der Waals surface area contributed by atoms with Gasteiger partial charge in [-0.05, 0) is 42.8 Å². The van der Waals surface area contributed by atoms with E-state index in [9.17, 15) is 4.79 Å². The van der Waals surface area contributed by atoms with E-state index in [1.165, 1.54) is 27.4 Å². The Hall–Kier alpha value is -3.35. The van der Waals surface area contributed by atoms with Crippen molar-refractivity contribution in [3.05, 3.63) is 77.9 Å². The fourth-order valence-electron chi connectivity index (χ4n) is 5.85. The molecular formula is C28H30N4O2. The number of carbonyl (C=O) groups is 1. The Morgan fingerprint density at radius 1 is 0.941 bits per heavy atom. The van der Waals surface area contributed by atoms with E-state index in [1.54, 1.807) is 12.2 Å². The number of para-hydroxylation sites is 2. The molecule has 1 fully saturated rings. The molecule has 1 N–H and O–H groups in total. The summed E-state index contributed by atoms with van der Waals surface area (Å²) in [5.41, 5.74) is 4.97. The van der Waals surface area contributed by atoms with Gasteiger partial charge in [-0.3, -0.25) is 14.5 Å². The van der Waals surface area contributed by atoms with Crippen molar-refractivity contribution in [2.24, 2.45) is 0 Å². The van der Waals surface area contributed by atoms with Gasteiger partial charge in [0.25, 0.3) is 5.91 Å². The maximum Gasteiger partial charge on any atom is 0.281 e. The molecule has 0 saturated carbocycles. The van der Waals surface area contributed by atoms with Crippen LogP contribution in [0.25, 0.3) is 21.8 Å². The molecule has 1 aromatic heterocycles. The first-order valence-electron chi connectivity index (χ1n) is 12.1. The SMILES string of the molecule is CCn1c2ccccc2c2cc(CN3CCC4(CC3)Nc3ccccc3C(=O)N4OC)ccc21. The predicted octanol–water partition coefficient (Wildman–Crippen LogP) is 5.24. The van der Waals surface area contributed by atoms with Gasteiger partial charge in [0.2, 0.25) is 0 Å². The molecule has 0 atom stereocenters. The minimum atomic E-state index is -0.505. The summed E-state index contributed by atoms with van der Waals surface area (Å²) < 4.78 is 2.39. The van der Waals surface area contributed by atoms with Crippen molar-refractivity contribution in [1.82, 2.24) is 14.5 Å². The molecule has 2 aliphatic heterocycles. The minimum Gasteiger partial charge on any atom is -0.360 e. The van der Waals surface area contributed by atoms with Crippen LogP contribution in [0.2, 0.25) is 0 Å². The van der Waals surface area contributed by atoms with E-state index in [4.69, 9.17) is 4.84 Å². The number of nitrogens with zero attached hydrogens (tertiary/aromatic N) is 3. The molecule has 3 heterocycles. The molecule has 0 bridgehead atoms. The van der Waals surface area contributed by atoms with Crippen molar-refractivity contribution in [2.75, 3.05) is 25.5 Å². The summed E-state index contributed by atoms with van der Waals surface area (Å²) in [6.45, 7) is 5.83. The van der Waals surface area contributed by atoms with E-state index in [2.05, 4.69) is 64.2 Å². The molecule has 3 aromatic carbocycles. The molecule has 6 heteroatoms. The number of hydrogen-bond acceptors (Lipinski definition) is 4. The summed E-state index contributed by atoms with van der Waals surface area (Å²) in [6.07, 6.45) is 1.61. The first-order chi connectivity index (χ1) is 16.6. The van der Waals surface area contributed by atoms with Crippen molar-refractivity contribution in [3.8, 4) is 0 Å². The van der Waals surface area contributed by atoms with E-state index in [1.807, 2.05) is 24.3 Å². The van der Waals surface area contributed by atoms with Gasteiger partial charge in [0.1, 0.15) is 5.66 Å². The summed E-state index contributed by atoms with van der Waals surface area (Å²) >= 11 is 0. The minimum absolute atomic E-state index is 0.0666. The quantitative estimate of drug-likeness (QED) is 0.458. The van der Waals surface area contributed by atoms with Crippen LogP contribution in [0.5, 0.6) is 0 Å². The van der Waals surface area contributed by atoms with Crippen molar-refractivity contribution < 1.29 is 9.63 Å². The third kappa shape index (κ3) is 3.21. The number of rotatable bonds is 4. The lowest BCUT2D eigenvalue weighted by molar-refractivity contribution is -0.169. The zero-order valence-electron chi connectivity index (χ0n) is 19.8. The second-order valence-corrected chi connectivity index (χ2v) is 9.37. The van der Waals surface area contributed by atoms with Gasteiger partial charge in [-0.2, -0.15) is 5.06 Å². The molecule has 174 valence electrons. The molecule has 4 aromatic rings. The summed E-state index contributed by atoms with van der Waals surface area (Å²) in [4.78, 5) is 21.2. The Balaban J connectivity index is 1.23. The zero-order valence-corrected chi connectivity index (χ0v) is 19.8. The van der Waals surface area contributed by atoms with Crippen LogP contribution >= 0.6 is 0 Å². The van der Waals surface area contributed by atoms with Crippen LogP contribution in [-0.4, -0.2) is 46.3 Å². The molecule has 1 amide bonds. The lowest BCUT2D eigenvalue weighted by atomic mass is 9.91. The summed E-state index contributed by atoms with van der Waals surface area (Å²) in [5.74, 6) is -0.0666. The van der Waals surface area contributed by atoms with Crippen molar-refractivity contribution in [1.29, 1.82) is 0 Å². The average Bonchev–Trinajstić information content (AvgIpc) is 3.19. The fraction of sp³-hybridized carbons (Fsp3) is 0.321. The smallest absolute Gasteiger partial charge is 0.281 e. The monoisotopic (exact) mass is 454 g/mol. The predicted molar refractivity (Wildman–Crippen MR) is 136 cm³/mol. The van der Waals surface area contributed by atoms with E-state index >= 15 is 0 Å². The number of aromatic nitrogens is 1. The zero-order chi connectivity index (χ0) is 23.3. The molecule has 1 spiro atoms. The molecular weight excluding hydrogens is 424 g/mol. The van der Waals surface area contributed by atoms with Crippen molar-refractivity contribution >= 4 is 33.4 Å². The standard InChI is InChI=1S/C28H30N4O2/c1-3-31-25-11-7-5-8-21(25)23-18-20(12-13-26(23)31)19-30-16-14-28(15-17-30)29-24-10-6-4-9-22(24)27(33)32(28)34-2/h4-13,18,29H,3,14-17,19H2,1-2H3. The second kappa shape index (κ2) is 8.15. The first kappa shape index (κ1) is 21.2. The Morgan fingerprint density at radius 2 is 1.68 bits per heavy atom. The Kier molecular flexibility index (Phi) is 5.08. The topological polar surface area (TPSA) is 49.7 Å². The maximum atomic E-state index is 13.1. The fourth-order valence-corrected chi connectivity index (χ4v) is 5.85. The third-order valence-electron chi connectivity index (χ3n) is 7.52. The van der Waals surface area contributed by atoms with E-state index in [-0.39, 0.29) is 5.91 Å². The number of amides is 1. The summed E-state index contributed by atoms with van der Waals surface area (Å²) in [7, 11) is 1.59. The van der Waals surface area contributed by atoms with Crippen LogP contribution in [0.3, 0.4) is 0 Å². The van der Waals surface area contributed by atoms with E-state index in [0.29, 0.717) is 5.56 Å². The van der Waals surface area contributed by atoms with Crippen LogP contribution < -0.4 is 5.32 Å². The third-order valence-corrected chi connectivity index (χ3v) is 7.52. The molecule has 1 saturated heterocycles. The van der Waals surface area contributed by atoms with E-state index < -0.39 is 5.66 Å². The van der Waals surface area contributed by atoms with Gasteiger partial charge in [0, 0.05) is 66.5 Å². The van der Waals surface area contributed by atoms with Crippen LogP contribution in [-0.2, 0) is 17.9 Å². The summed E-state index contributed by atoms with van der Waals surface area (Å²) in [6, 6.07) is 23.2. The van der Waals surface area contributed by atoms with Gasteiger partial charge >= 0.3 is 0 Å². The van der Waals surface area contributed by atoms with Gasteiger partial charge in [-0.25, -0.2) is 0 Å². The average molecular weight is 455 g/mol. The largest absolute Gasteiger partial charge is 0.360 e. The number of hydrogen-bond donors (Lipinski definition) is 1. The number of likely N-dealkylation sites (tertiary alicyclic amines) is 1. The Labute approximate surface area is 199 Å². The maximum absolute atomic E-state index is 13.1. The van der Waals surface area contributed by atoms with Gasteiger partial charge in [0.15, 0.2) is 0 Å². The number of carbonyl (C=O) groups excluding carboxylic acids is 1. The number of hydroxylamine groups is 2. The Morgan fingerprint density at radius 3 is 2.47 bits per heavy atom. The van der Waals surface area contributed by atoms with E-state index in [0.717, 1.165) is 44.7 Å². The molecule has 2 aliphatic rings. The highest BCUT2D eigenvalue weighted by Crippen LogP contribution is 2.38. The summed E-state index contributed by atoms with van der Waals surface area (Å²) in [5, 5.41) is 7.83.